The first-order chi connectivity index (χ1) is 18.0. The number of thiocarbonyl (C=S) groups is 1. The molecule has 0 spiro atoms. The monoisotopic (exact) mass is 513 g/mol. The van der Waals surface area contributed by atoms with E-state index in [0.717, 1.165) is 48.6 Å². The van der Waals surface area contributed by atoms with Gasteiger partial charge in [-0.05, 0) is 62.4 Å². The molecular weight excluding hydrogens is 478 g/mol. The Kier molecular flexibility index (Phi) is 7.72. The summed E-state index contributed by atoms with van der Waals surface area (Å²) >= 11 is 5.91. The van der Waals surface area contributed by atoms with E-state index in [2.05, 4.69) is 75.8 Å². The van der Waals surface area contributed by atoms with Gasteiger partial charge in [-0.1, -0.05) is 72.8 Å². The van der Waals surface area contributed by atoms with Crippen molar-refractivity contribution in [3.8, 4) is 0 Å². The molecule has 0 amide bonds. The molecule has 5 rings (SSSR count). The number of hydrogen-bond donors (Lipinski definition) is 1. The van der Waals surface area contributed by atoms with Gasteiger partial charge in [0.05, 0.1) is 17.1 Å². The third-order valence-corrected chi connectivity index (χ3v) is 7.67. The Morgan fingerprint density at radius 1 is 0.892 bits per heavy atom. The summed E-state index contributed by atoms with van der Waals surface area (Å²) in [7, 11) is 4.08. The van der Waals surface area contributed by atoms with Crippen molar-refractivity contribution in [3.63, 3.8) is 0 Å². The summed E-state index contributed by atoms with van der Waals surface area (Å²) < 4.78 is 3.95. The van der Waals surface area contributed by atoms with Gasteiger partial charge < -0.3 is 15.1 Å². The number of nitrogens with zero attached hydrogens (tertiary/aromatic N) is 4. The van der Waals surface area contributed by atoms with E-state index in [1.54, 1.807) is 0 Å². The smallest absolute Gasteiger partial charge is 0.329 e. The van der Waals surface area contributed by atoms with Gasteiger partial charge in [-0.15, -0.1) is 0 Å². The van der Waals surface area contributed by atoms with Gasteiger partial charge in [-0.25, -0.2) is 4.79 Å². The van der Waals surface area contributed by atoms with Gasteiger partial charge in [-0.3, -0.25) is 9.13 Å². The van der Waals surface area contributed by atoms with Crippen molar-refractivity contribution < 1.29 is 0 Å². The average molecular weight is 514 g/mol. The van der Waals surface area contributed by atoms with Gasteiger partial charge in [0, 0.05) is 32.2 Å². The second-order valence-corrected chi connectivity index (χ2v) is 10.4. The van der Waals surface area contributed by atoms with Crippen LogP contribution in [0.3, 0.4) is 0 Å². The molecule has 2 heterocycles. The number of benzene rings is 3. The lowest BCUT2D eigenvalue weighted by Gasteiger charge is -2.35. The van der Waals surface area contributed by atoms with Crippen molar-refractivity contribution in [1.82, 2.24) is 24.3 Å². The highest BCUT2D eigenvalue weighted by Crippen LogP contribution is 2.27. The Bertz CT molecular complexity index is 1350. The molecule has 0 unspecified atom stereocenters. The van der Waals surface area contributed by atoms with Crippen LogP contribution in [0.15, 0.2) is 89.7 Å². The summed E-state index contributed by atoms with van der Waals surface area (Å²) in [6.45, 7) is 3.15. The third kappa shape index (κ3) is 5.48. The fourth-order valence-corrected chi connectivity index (χ4v) is 5.59. The first kappa shape index (κ1) is 25.2. The second kappa shape index (κ2) is 11.3. The Morgan fingerprint density at radius 3 is 2.00 bits per heavy atom. The van der Waals surface area contributed by atoms with Gasteiger partial charge in [-0.2, -0.15) is 0 Å². The molecule has 1 aliphatic heterocycles. The minimum absolute atomic E-state index is 0.00934. The van der Waals surface area contributed by atoms with Crippen molar-refractivity contribution >= 4 is 28.4 Å². The molecule has 0 bridgehead atoms. The molecule has 0 saturated carbocycles. The standard InChI is InChI=1S/C30H35N5OS/c1-32(2)21-22-34-26-15-9-10-16-27(26)35(30(34)36)25-17-19-33(20-18-25)29(37)31-28(23-11-5-3-6-12-23)24-13-7-4-8-14-24/h3-16,25,28H,17-22H2,1-2H3,(H,31,37). The molecule has 1 aliphatic rings. The second-order valence-electron chi connectivity index (χ2n) is 10.0. The van der Waals surface area contributed by atoms with Crippen LogP contribution in [-0.2, 0) is 6.54 Å². The SMILES string of the molecule is CN(C)CCn1c(=O)n(C2CCN(C(=S)NC(c3ccccc3)c3ccccc3)CC2)c2ccccc21. The molecule has 192 valence electrons. The van der Waals surface area contributed by atoms with Crippen molar-refractivity contribution in [1.29, 1.82) is 0 Å². The quantitative estimate of drug-likeness (QED) is 0.364. The molecule has 4 aromatic rings. The van der Waals surface area contributed by atoms with Crippen LogP contribution >= 0.6 is 12.2 Å². The number of aromatic nitrogens is 2. The summed E-state index contributed by atoms with van der Waals surface area (Å²) in [5.41, 5.74) is 4.50. The number of likely N-dealkylation sites (tertiary alicyclic amines) is 1. The van der Waals surface area contributed by atoms with E-state index in [4.69, 9.17) is 12.2 Å². The minimum Gasteiger partial charge on any atom is -0.352 e. The topological polar surface area (TPSA) is 45.4 Å². The van der Waals surface area contributed by atoms with Gasteiger partial charge in [0.15, 0.2) is 5.11 Å². The maximum Gasteiger partial charge on any atom is 0.329 e. The molecule has 1 N–H and O–H groups in total. The molecule has 37 heavy (non-hydrogen) atoms. The van der Waals surface area contributed by atoms with E-state index in [9.17, 15) is 4.79 Å². The molecule has 0 radical (unpaired) electrons. The van der Waals surface area contributed by atoms with Gasteiger partial charge >= 0.3 is 5.69 Å². The van der Waals surface area contributed by atoms with E-state index in [-0.39, 0.29) is 17.8 Å². The van der Waals surface area contributed by atoms with E-state index in [1.165, 1.54) is 11.1 Å². The first-order valence-corrected chi connectivity index (χ1v) is 13.4. The first-order valence-electron chi connectivity index (χ1n) is 13.0. The number of para-hydroxylation sites is 2. The number of rotatable bonds is 7. The number of piperidine rings is 1. The molecule has 0 atom stereocenters. The Balaban J connectivity index is 1.31. The number of likely N-dealkylation sites (N-methyl/N-ethyl adjacent to an activating group) is 1. The highest BCUT2D eigenvalue weighted by molar-refractivity contribution is 7.80. The minimum atomic E-state index is -0.00934. The zero-order valence-corrected chi connectivity index (χ0v) is 22.4. The zero-order chi connectivity index (χ0) is 25.8. The molecule has 0 aliphatic carbocycles. The maximum absolute atomic E-state index is 13.5. The largest absolute Gasteiger partial charge is 0.352 e. The van der Waals surface area contributed by atoms with Crippen molar-refractivity contribution in [2.45, 2.75) is 31.5 Å². The van der Waals surface area contributed by atoms with Crippen LogP contribution < -0.4 is 11.0 Å². The molecule has 3 aromatic carbocycles. The maximum atomic E-state index is 13.5. The highest BCUT2D eigenvalue weighted by Gasteiger charge is 2.27. The summed E-state index contributed by atoms with van der Waals surface area (Å²) in [6.07, 6.45) is 1.76. The third-order valence-electron chi connectivity index (χ3n) is 7.29. The zero-order valence-electron chi connectivity index (χ0n) is 21.6. The van der Waals surface area contributed by atoms with Crippen LogP contribution in [0.2, 0.25) is 0 Å². The number of nitrogens with one attached hydrogen (secondary N) is 1. The average Bonchev–Trinajstić information content (AvgIpc) is 3.22. The van der Waals surface area contributed by atoms with E-state index >= 15 is 0 Å². The van der Waals surface area contributed by atoms with E-state index in [1.807, 2.05) is 47.5 Å². The summed E-state index contributed by atoms with van der Waals surface area (Å²) in [5.74, 6) is 0. The van der Waals surface area contributed by atoms with Crippen LogP contribution in [0.25, 0.3) is 11.0 Å². The molecular formula is C30H35N5OS. The molecule has 7 heteroatoms. The van der Waals surface area contributed by atoms with Crippen LogP contribution in [-0.4, -0.2) is 57.8 Å². The summed E-state index contributed by atoms with van der Waals surface area (Å²) in [4.78, 5) is 17.9. The number of hydrogen-bond acceptors (Lipinski definition) is 3. The van der Waals surface area contributed by atoms with Crippen LogP contribution in [0.4, 0.5) is 0 Å². The van der Waals surface area contributed by atoms with Crippen molar-refractivity contribution in [3.05, 3.63) is 107 Å². The van der Waals surface area contributed by atoms with Gasteiger partial charge in [0.1, 0.15) is 0 Å². The van der Waals surface area contributed by atoms with Crippen LogP contribution in [0.1, 0.15) is 36.1 Å². The number of imidazole rings is 1. The fraction of sp³-hybridized carbons (Fsp3) is 0.333. The molecule has 1 aromatic heterocycles. The van der Waals surface area contributed by atoms with Crippen molar-refractivity contribution in [2.75, 3.05) is 33.7 Å². The highest BCUT2D eigenvalue weighted by atomic mass is 32.1. The molecule has 1 fully saturated rings. The van der Waals surface area contributed by atoms with Gasteiger partial charge in [0.2, 0.25) is 0 Å². The predicted octanol–water partition coefficient (Wildman–Crippen LogP) is 4.67. The Morgan fingerprint density at radius 2 is 1.43 bits per heavy atom. The predicted molar refractivity (Wildman–Crippen MR) is 155 cm³/mol. The van der Waals surface area contributed by atoms with E-state index < -0.39 is 0 Å². The van der Waals surface area contributed by atoms with Crippen molar-refractivity contribution in [2.24, 2.45) is 0 Å². The molecule has 1 saturated heterocycles. The normalized spacial score (nSPS) is 14.5. The van der Waals surface area contributed by atoms with Crippen LogP contribution in [0, 0.1) is 0 Å². The summed E-state index contributed by atoms with van der Waals surface area (Å²) in [6, 6.07) is 29.2. The fourth-order valence-electron chi connectivity index (χ4n) is 5.29. The van der Waals surface area contributed by atoms with E-state index in [0.29, 0.717) is 6.54 Å². The lowest BCUT2D eigenvalue weighted by Crippen LogP contribution is -2.46. The van der Waals surface area contributed by atoms with Crippen LogP contribution in [0.5, 0.6) is 0 Å². The lowest BCUT2D eigenvalue weighted by molar-refractivity contribution is 0.262. The molecule has 6 nitrogen and oxygen atoms in total. The number of fused-ring (bicyclic) bond motifs is 1. The Hall–Kier alpha value is -3.42. The van der Waals surface area contributed by atoms with Gasteiger partial charge in [0.25, 0.3) is 0 Å². The Labute approximate surface area is 224 Å². The lowest BCUT2D eigenvalue weighted by atomic mass is 9.99. The summed E-state index contributed by atoms with van der Waals surface area (Å²) in [5, 5.41) is 4.39.